The van der Waals surface area contributed by atoms with Gasteiger partial charge in [0.25, 0.3) is 0 Å². The van der Waals surface area contributed by atoms with E-state index in [9.17, 15) is 0 Å². The van der Waals surface area contributed by atoms with E-state index in [4.69, 9.17) is 14.9 Å². The minimum atomic E-state index is -2.20. The molecule has 3 nitrogen and oxygen atoms in total. The lowest BCUT2D eigenvalue weighted by Crippen LogP contribution is -2.66. The van der Waals surface area contributed by atoms with Crippen LogP contribution in [0.1, 0.15) is 13.3 Å². The summed E-state index contributed by atoms with van der Waals surface area (Å²) in [6.07, 6.45) is 1.04. The summed E-state index contributed by atoms with van der Waals surface area (Å²) in [5, 5.41) is 7.77. The van der Waals surface area contributed by atoms with Gasteiger partial charge in [-0.15, -0.1) is 0 Å². The fourth-order valence-corrected chi connectivity index (χ4v) is 5.36. The zero-order chi connectivity index (χ0) is 12.0. The van der Waals surface area contributed by atoms with Crippen LogP contribution in [0.15, 0.2) is 30.3 Å². The summed E-state index contributed by atoms with van der Waals surface area (Å²) in [6.45, 7) is 2.14. The van der Waals surface area contributed by atoms with Gasteiger partial charge in [-0.2, -0.15) is 0 Å². The van der Waals surface area contributed by atoms with Crippen molar-refractivity contribution in [2.75, 3.05) is 14.2 Å². The molecular weight excluding hydrogens is 218 g/mol. The zero-order valence-electron chi connectivity index (χ0n) is 10.3. The van der Waals surface area contributed by atoms with Gasteiger partial charge in [0.1, 0.15) is 0 Å². The second-order valence-corrected chi connectivity index (χ2v) is 7.59. The third-order valence-corrected chi connectivity index (χ3v) is 6.87. The van der Waals surface area contributed by atoms with Crippen LogP contribution in [0.5, 0.6) is 0 Å². The standard InChI is InChI=1S/C12H21NO2Si/c1-4-10-16(13,12(14-2)15-3)11-8-6-5-7-9-11/h5-9,12H,4,10,13H2,1-3H3. The number of benzene rings is 1. The molecular formula is C12H21NO2Si. The van der Waals surface area contributed by atoms with Gasteiger partial charge in [0.05, 0.1) is 0 Å². The molecule has 2 N–H and O–H groups in total. The molecule has 0 aliphatic rings. The predicted molar refractivity (Wildman–Crippen MR) is 68.9 cm³/mol. The Balaban J connectivity index is 3.05. The van der Waals surface area contributed by atoms with Crippen LogP contribution in [0.4, 0.5) is 0 Å². The molecule has 0 aliphatic heterocycles. The molecule has 1 aromatic carbocycles. The minimum Gasteiger partial charge on any atom is -0.357 e. The molecule has 90 valence electrons. The average molecular weight is 239 g/mol. The number of hydrogen-bond donors (Lipinski definition) is 1. The highest BCUT2D eigenvalue weighted by atomic mass is 28.3. The third-order valence-electron chi connectivity index (χ3n) is 2.82. The first kappa shape index (κ1) is 13.4. The smallest absolute Gasteiger partial charge is 0.219 e. The fourth-order valence-electron chi connectivity index (χ4n) is 2.08. The van der Waals surface area contributed by atoms with Gasteiger partial charge in [-0.05, 0) is 11.2 Å². The van der Waals surface area contributed by atoms with E-state index in [1.165, 1.54) is 5.19 Å². The van der Waals surface area contributed by atoms with E-state index in [0.717, 1.165) is 12.5 Å². The molecule has 0 aromatic heterocycles. The van der Waals surface area contributed by atoms with E-state index < -0.39 is 8.24 Å². The SMILES string of the molecule is CCC[Si](N)(c1ccccc1)C(OC)OC. The summed E-state index contributed by atoms with van der Waals surface area (Å²) in [5.41, 5.74) is 0. The Morgan fingerprint density at radius 1 is 1.19 bits per heavy atom. The van der Waals surface area contributed by atoms with Crippen molar-refractivity contribution in [3.63, 3.8) is 0 Å². The highest BCUT2D eigenvalue weighted by Crippen LogP contribution is 2.14. The first-order chi connectivity index (χ1) is 7.69. The van der Waals surface area contributed by atoms with Crippen LogP contribution < -0.4 is 10.6 Å². The third kappa shape index (κ3) is 2.71. The highest BCUT2D eigenvalue weighted by Gasteiger charge is 2.40. The van der Waals surface area contributed by atoms with E-state index >= 15 is 0 Å². The largest absolute Gasteiger partial charge is 0.357 e. The van der Waals surface area contributed by atoms with Crippen LogP contribution in [0.25, 0.3) is 0 Å². The van der Waals surface area contributed by atoms with E-state index in [1.54, 1.807) is 14.2 Å². The molecule has 1 aromatic rings. The molecule has 0 amide bonds. The molecule has 0 saturated heterocycles. The van der Waals surface area contributed by atoms with Gasteiger partial charge in [0, 0.05) is 14.2 Å². The number of nitrogens with two attached hydrogens (primary N) is 1. The van der Waals surface area contributed by atoms with Gasteiger partial charge in [-0.3, -0.25) is 0 Å². The van der Waals surface area contributed by atoms with E-state index in [1.807, 2.05) is 18.2 Å². The van der Waals surface area contributed by atoms with Gasteiger partial charge >= 0.3 is 0 Å². The van der Waals surface area contributed by atoms with Gasteiger partial charge in [-0.1, -0.05) is 43.7 Å². The van der Waals surface area contributed by atoms with Crippen molar-refractivity contribution in [1.29, 1.82) is 0 Å². The van der Waals surface area contributed by atoms with Crippen LogP contribution in [-0.2, 0) is 9.47 Å². The molecule has 0 bridgehead atoms. The second-order valence-electron chi connectivity index (χ2n) is 3.96. The monoisotopic (exact) mass is 239 g/mol. The lowest BCUT2D eigenvalue weighted by molar-refractivity contribution is -0.0500. The summed E-state index contributed by atoms with van der Waals surface area (Å²) >= 11 is 0. The van der Waals surface area contributed by atoms with Crippen molar-refractivity contribution >= 4 is 13.4 Å². The summed E-state index contributed by atoms with van der Waals surface area (Å²) in [4.78, 5) is 0. The van der Waals surface area contributed by atoms with Crippen molar-refractivity contribution in [3.05, 3.63) is 30.3 Å². The maximum absolute atomic E-state index is 6.58. The van der Waals surface area contributed by atoms with Crippen molar-refractivity contribution in [2.24, 2.45) is 5.40 Å². The number of ether oxygens (including phenoxy) is 2. The van der Waals surface area contributed by atoms with Gasteiger partial charge in [0.2, 0.25) is 8.24 Å². The van der Waals surface area contributed by atoms with E-state index in [2.05, 4.69) is 19.1 Å². The lowest BCUT2D eigenvalue weighted by Gasteiger charge is -2.33. The maximum atomic E-state index is 6.58. The Kier molecular flexibility index (Phi) is 5.14. The Bertz CT molecular complexity index is 303. The Labute approximate surface area is 98.6 Å². The second kappa shape index (κ2) is 6.15. The van der Waals surface area contributed by atoms with Crippen LogP contribution in [0.3, 0.4) is 0 Å². The molecule has 4 heteroatoms. The van der Waals surface area contributed by atoms with Crippen molar-refractivity contribution in [3.8, 4) is 0 Å². The summed E-state index contributed by atoms with van der Waals surface area (Å²) in [5.74, 6) is -0.283. The highest BCUT2D eigenvalue weighted by molar-refractivity contribution is 6.90. The quantitative estimate of drug-likeness (QED) is 0.602. The summed E-state index contributed by atoms with van der Waals surface area (Å²) < 4.78 is 10.8. The first-order valence-corrected chi connectivity index (χ1v) is 7.95. The van der Waals surface area contributed by atoms with Crippen LogP contribution in [-0.4, -0.2) is 28.4 Å². The molecule has 0 saturated carbocycles. The van der Waals surface area contributed by atoms with Crippen molar-refractivity contribution < 1.29 is 9.47 Å². The van der Waals surface area contributed by atoms with Crippen molar-refractivity contribution in [2.45, 2.75) is 25.3 Å². The Morgan fingerprint density at radius 2 is 1.75 bits per heavy atom. The Hall–Kier alpha value is -0.683. The molecule has 0 spiro atoms. The molecule has 0 aliphatic carbocycles. The number of methoxy groups -OCH3 is 2. The predicted octanol–water partition coefficient (Wildman–Crippen LogP) is 1.37. The molecule has 16 heavy (non-hydrogen) atoms. The molecule has 1 atom stereocenters. The molecule has 1 unspecified atom stereocenters. The molecule has 0 radical (unpaired) electrons. The zero-order valence-corrected chi connectivity index (χ0v) is 11.3. The van der Waals surface area contributed by atoms with Crippen LogP contribution in [0.2, 0.25) is 6.04 Å². The summed E-state index contributed by atoms with van der Waals surface area (Å²) in [6, 6.07) is 11.1. The number of rotatable bonds is 6. The minimum absolute atomic E-state index is 0.283. The Morgan fingerprint density at radius 3 is 2.19 bits per heavy atom. The fraction of sp³-hybridized carbons (Fsp3) is 0.500. The van der Waals surface area contributed by atoms with Gasteiger partial charge in [-0.25, -0.2) is 0 Å². The van der Waals surface area contributed by atoms with E-state index in [0.29, 0.717) is 0 Å². The molecule has 0 heterocycles. The topological polar surface area (TPSA) is 44.5 Å². The van der Waals surface area contributed by atoms with Crippen LogP contribution >= 0.6 is 0 Å². The first-order valence-electron chi connectivity index (χ1n) is 5.59. The van der Waals surface area contributed by atoms with Crippen molar-refractivity contribution in [1.82, 2.24) is 0 Å². The lowest BCUT2D eigenvalue weighted by atomic mass is 10.4. The summed E-state index contributed by atoms with van der Waals surface area (Å²) in [7, 11) is 1.11. The normalized spacial score (nSPS) is 15.1. The number of hydrogen-bond acceptors (Lipinski definition) is 3. The van der Waals surface area contributed by atoms with E-state index in [-0.39, 0.29) is 5.91 Å². The van der Waals surface area contributed by atoms with Gasteiger partial charge in [0.15, 0.2) is 5.91 Å². The van der Waals surface area contributed by atoms with Gasteiger partial charge < -0.3 is 14.9 Å². The molecule has 1 rings (SSSR count). The average Bonchev–Trinajstić information content (AvgIpc) is 2.32. The molecule has 0 fully saturated rings. The van der Waals surface area contributed by atoms with Crippen LogP contribution in [0, 0.1) is 0 Å². The maximum Gasteiger partial charge on any atom is 0.219 e.